The van der Waals surface area contributed by atoms with Crippen molar-refractivity contribution in [2.45, 2.75) is 37.1 Å². The average molecular weight is 316 g/mol. The molecule has 22 heavy (non-hydrogen) atoms. The standard InChI is InChI=1S/C14H16N6OS/c1-14(2,3)12-15-11(17-21-12)9-22-13-16-18-19-20(13)10-7-5-4-6-8-10/h4-8H,9H2,1-3H3. The van der Waals surface area contributed by atoms with E-state index in [9.17, 15) is 0 Å². The third-order valence-corrected chi connectivity index (χ3v) is 3.80. The first-order valence-electron chi connectivity index (χ1n) is 6.84. The van der Waals surface area contributed by atoms with E-state index in [1.165, 1.54) is 11.8 Å². The molecule has 0 saturated heterocycles. The SMILES string of the molecule is CC(C)(C)c1nc(CSc2nnnn2-c2ccccc2)no1. The molecule has 0 aliphatic heterocycles. The minimum Gasteiger partial charge on any atom is -0.339 e. The van der Waals surface area contributed by atoms with Crippen LogP contribution in [0.15, 0.2) is 40.0 Å². The summed E-state index contributed by atoms with van der Waals surface area (Å²) in [7, 11) is 0. The summed E-state index contributed by atoms with van der Waals surface area (Å²) in [5.74, 6) is 1.82. The lowest BCUT2D eigenvalue weighted by atomic mass is 9.97. The van der Waals surface area contributed by atoms with Gasteiger partial charge in [-0.25, -0.2) is 0 Å². The highest BCUT2D eigenvalue weighted by Gasteiger charge is 2.22. The van der Waals surface area contributed by atoms with Gasteiger partial charge in [0, 0.05) is 5.41 Å². The number of thioether (sulfide) groups is 1. The molecule has 2 aromatic heterocycles. The Hall–Kier alpha value is -2.22. The van der Waals surface area contributed by atoms with Crippen LogP contribution in [0.3, 0.4) is 0 Å². The highest BCUT2D eigenvalue weighted by Crippen LogP contribution is 2.24. The van der Waals surface area contributed by atoms with E-state index in [4.69, 9.17) is 4.52 Å². The normalized spacial score (nSPS) is 11.8. The van der Waals surface area contributed by atoms with Crippen molar-refractivity contribution in [3.05, 3.63) is 42.0 Å². The number of aromatic nitrogens is 6. The van der Waals surface area contributed by atoms with E-state index in [2.05, 4.69) is 25.7 Å². The molecule has 7 nitrogen and oxygen atoms in total. The Balaban J connectivity index is 1.73. The molecule has 3 rings (SSSR count). The molecule has 0 amide bonds. The lowest BCUT2D eigenvalue weighted by Gasteiger charge is -2.10. The summed E-state index contributed by atoms with van der Waals surface area (Å²) in [5, 5.41) is 16.5. The highest BCUT2D eigenvalue weighted by molar-refractivity contribution is 7.98. The van der Waals surface area contributed by atoms with Gasteiger partial charge in [0.15, 0.2) is 5.82 Å². The summed E-state index contributed by atoms with van der Waals surface area (Å²) in [6.45, 7) is 6.11. The Labute approximate surface area is 132 Å². The highest BCUT2D eigenvalue weighted by atomic mass is 32.2. The Morgan fingerprint density at radius 3 is 2.64 bits per heavy atom. The molecule has 0 aliphatic rings. The molecule has 0 saturated carbocycles. The van der Waals surface area contributed by atoms with Crippen molar-refractivity contribution in [1.29, 1.82) is 0 Å². The van der Waals surface area contributed by atoms with E-state index in [0.29, 0.717) is 22.6 Å². The molecule has 1 aromatic carbocycles. The molecule has 0 unspecified atom stereocenters. The molecule has 0 radical (unpaired) electrons. The van der Waals surface area contributed by atoms with E-state index in [1.54, 1.807) is 4.68 Å². The number of rotatable bonds is 4. The summed E-state index contributed by atoms with van der Waals surface area (Å²) in [6, 6.07) is 9.74. The maximum absolute atomic E-state index is 5.28. The minimum absolute atomic E-state index is 0.151. The zero-order valence-corrected chi connectivity index (χ0v) is 13.4. The maximum atomic E-state index is 5.28. The fourth-order valence-electron chi connectivity index (χ4n) is 1.75. The molecule has 0 spiro atoms. The molecule has 0 N–H and O–H groups in total. The van der Waals surface area contributed by atoms with Crippen LogP contribution in [-0.2, 0) is 11.2 Å². The first-order valence-corrected chi connectivity index (χ1v) is 7.82. The second-order valence-electron chi connectivity index (χ2n) is 5.76. The van der Waals surface area contributed by atoms with Gasteiger partial charge in [-0.05, 0) is 22.6 Å². The number of para-hydroxylation sites is 1. The van der Waals surface area contributed by atoms with E-state index in [0.717, 1.165) is 5.69 Å². The van der Waals surface area contributed by atoms with Crippen molar-refractivity contribution in [3.8, 4) is 5.69 Å². The third kappa shape index (κ3) is 3.16. The van der Waals surface area contributed by atoms with Crippen molar-refractivity contribution >= 4 is 11.8 Å². The summed E-state index contributed by atoms with van der Waals surface area (Å²) in [5.41, 5.74) is 0.764. The summed E-state index contributed by atoms with van der Waals surface area (Å²) in [6.07, 6.45) is 0. The topological polar surface area (TPSA) is 82.5 Å². The largest absolute Gasteiger partial charge is 0.339 e. The Morgan fingerprint density at radius 2 is 1.95 bits per heavy atom. The Morgan fingerprint density at radius 1 is 1.18 bits per heavy atom. The van der Waals surface area contributed by atoms with Crippen LogP contribution in [0.25, 0.3) is 5.69 Å². The number of nitrogens with zero attached hydrogens (tertiary/aromatic N) is 6. The zero-order chi connectivity index (χ0) is 15.6. The summed E-state index contributed by atoms with van der Waals surface area (Å²) < 4.78 is 6.97. The van der Waals surface area contributed by atoms with E-state index < -0.39 is 0 Å². The van der Waals surface area contributed by atoms with Gasteiger partial charge in [0.2, 0.25) is 11.0 Å². The lowest BCUT2D eigenvalue weighted by Crippen LogP contribution is -2.11. The number of benzene rings is 1. The molecule has 0 fully saturated rings. The second-order valence-corrected chi connectivity index (χ2v) is 6.71. The quantitative estimate of drug-likeness (QED) is 0.684. The Kier molecular flexibility index (Phi) is 3.93. The number of hydrogen-bond donors (Lipinski definition) is 0. The lowest BCUT2D eigenvalue weighted by molar-refractivity contribution is 0.319. The third-order valence-electron chi connectivity index (χ3n) is 2.88. The van der Waals surface area contributed by atoms with Crippen LogP contribution in [0.2, 0.25) is 0 Å². The zero-order valence-electron chi connectivity index (χ0n) is 12.6. The molecule has 114 valence electrons. The summed E-state index contributed by atoms with van der Waals surface area (Å²) in [4.78, 5) is 4.41. The second kappa shape index (κ2) is 5.88. The molecule has 2 heterocycles. The van der Waals surface area contributed by atoms with Crippen molar-refractivity contribution in [1.82, 2.24) is 30.3 Å². The van der Waals surface area contributed by atoms with Gasteiger partial charge >= 0.3 is 0 Å². The number of hydrogen-bond acceptors (Lipinski definition) is 7. The molecular formula is C14H16N6OS. The molecule has 3 aromatic rings. The Bertz CT molecular complexity index is 746. The smallest absolute Gasteiger partial charge is 0.232 e. The van der Waals surface area contributed by atoms with Gasteiger partial charge in [-0.15, -0.1) is 5.10 Å². The van der Waals surface area contributed by atoms with Gasteiger partial charge in [0.1, 0.15) is 0 Å². The van der Waals surface area contributed by atoms with Crippen molar-refractivity contribution in [3.63, 3.8) is 0 Å². The van der Waals surface area contributed by atoms with Crippen LogP contribution in [0.1, 0.15) is 32.5 Å². The van der Waals surface area contributed by atoms with Crippen molar-refractivity contribution in [2.24, 2.45) is 0 Å². The predicted octanol–water partition coefficient (Wildman–Crippen LogP) is 2.64. The van der Waals surface area contributed by atoms with Crippen molar-refractivity contribution < 1.29 is 4.52 Å². The van der Waals surface area contributed by atoms with E-state index in [1.807, 2.05) is 51.1 Å². The number of tetrazole rings is 1. The molecule has 8 heteroatoms. The van der Waals surface area contributed by atoms with E-state index >= 15 is 0 Å². The van der Waals surface area contributed by atoms with Crippen LogP contribution >= 0.6 is 11.8 Å². The predicted molar refractivity (Wildman–Crippen MR) is 81.7 cm³/mol. The van der Waals surface area contributed by atoms with Crippen molar-refractivity contribution in [2.75, 3.05) is 0 Å². The molecular weight excluding hydrogens is 300 g/mol. The first kappa shape index (κ1) is 14.7. The van der Waals surface area contributed by atoms with Gasteiger partial charge < -0.3 is 4.52 Å². The monoisotopic (exact) mass is 316 g/mol. The van der Waals surface area contributed by atoms with Gasteiger partial charge in [-0.2, -0.15) is 9.67 Å². The average Bonchev–Trinajstić information content (AvgIpc) is 3.14. The van der Waals surface area contributed by atoms with Crippen LogP contribution in [0.4, 0.5) is 0 Å². The van der Waals surface area contributed by atoms with Crippen LogP contribution in [0.5, 0.6) is 0 Å². The fraction of sp³-hybridized carbons (Fsp3) is 0.357. The summed E-state index contributed by atoms with van der Waals surface area (Å²) >= 11 is 1.47. The fourth-order valence-corrected chi connectivity index (χ4v) is 2.48. The molecule has 0 atom stereocenters. The van der Waals surface area contributed by atoms with Crippen LogP contribution in [0, 0.1) is 0 Å². The molecule has 0 aliphatic carbocycles. The van der Waals surface area contributed by atoms with Gasteiger partial charge in [0.05, 0.1) is 11.4 Å². The first-order chi connectivity index (χ1) is 10.5. The molecule has 0 bridgehead atoms. The van der Waals surface area contributed by atoms with E-state index in [-0.39, 0.29) is 5.41 Å². The maximum Gasteiger partial charge on any atom is 0.232 e. The minimum atomic E-state index is -0.151. The van der Waals surface area contributed by atoms with Gasteiger partial charge in [-0.3, -0.25) is 0 Å². The van der Waals surface area contributed by atoms with Gasteiger partial charge in [-0.1, -0.05) is 55.9 Å². The van der Waals surface area contributed by atoms with Crippen LogP contribution < -0.4 is 0 Å². The van der Waals surface area contributed by atoms with Crippen LogP contribution in [-0.4, -0.2) is 30.3 Å². The van der Waals surface area contributed by atoms with Gasteiger partial charge in [0.25, 0.3) is 0 Å².